The summed E-state index contributed by atoms with van der Waals surface area (Å²) in [5.41, 5.74) is 0. The SMILES string of the molecule is CCCCCCCCCCCCCCCCCCCCCCCCCCCCC/C=C/C(O)C(CO)NC(=O)CCCCCCCCCCCCCC. The van der Waals surface area contributed by atoms with E-state index < -0.39 is 12.1 Å². The molecule has 0 saturated heterocycles. The smallest absolute Gasteiger partial charge is 0.220 e. The van der Waals surface area contributed by atoms with Gasteiger partial charge in [-0.15, -0.1) is 0 Å². The maximum Gasteiger partial charge on any atom is 0.220 e. The lowest BCUT2D eigenvalue weighted by molar-refractivity contribution is -0.123. The average molecular weight is 748 g/mol. The lowest BCUT2D eigenvalue weighted by Gasteiger charge is -2.20. The second kappa shape index (κ2) is 45.5. The van der Waals surface area contributed by atoms with Crippen LogP contribution in [0.2, 0.25) is 0 Å². The van der Waals surface area contributed by atoms with Gasteiger partial charge in [0.2, 0.25) is 5.91 Å². The number of carbonyl (C=O) groups excluding carboxylic acids is 1. The van der Waals surface area contributed by atoms with Crippen LogP contribution in [0, 0.1) is 0 Å². The van der Waals surface area contributed by atoms with Crippen molar-refractivity contribution in [2.45, 2.75) is 289 Å². The number of aliphatic hydroxyl groups excluding tert-OH is 2. The molecule has 2 unspecified atom stereocenters. The van der Waals surface area contributed by atoms with E-state index >= 15 is 0 Å². The zero-order valence-electron chi connectivity index (χ0n) is 36.3. The Morgan fingerprint density at radius 1 is 0.434 bits per heavy atom. The second-order valence-electron chi connectivity index (χ2n) is 16.9. The van der Waals surface area contributed by atoms with Crippen molar-refractivity contribution in [2.24, 2.45) is 0 Å². The molecule has 0 aliphatic heterocycles. The predicted octanol–water partition coefficient (Wildman–Crippen LogP) is 15.4. The number of unbranched alkanes of at least 4 members (excludes halogenated alkanes) is 38. The molecule has 4 heteroatoms. The topological polar surface area (TPSA) is 69.6 Å². The van der Waals surface area contributed by atoms with E-state index in [4.69, 9.17) is 0 Å². The largest absolute Gasteiger partial charge is 0.394 e. The Morgan fingerprint density at radius 2 is 0.698 bits per heavy atom. The Labute approximate surface area is 333 Å². The fraction of sp³-hybridized carbons (Fsp3) is 0.939. The Morgan fingerprint density at radius 3 is 0.981 bits per heavy atom. The van der Waals surface area contributed by atoms with Crippen LogP contribution in [0.4, 0.5) is 0 Å². The van der Waals surface area contributed by atoms with E-state index in [2.05, 4.69) is 19.2 Å². The molecule has 0 aromatic heterocycles. The number of carbonyl (C=O) groups is 1. The normalized spacial score (nSPS) is 12.9. The Balaban J connectivity index is 3.43. The van der Waals surface area contributed by atoms with Crippen LogP contribution in [-0.2, 0) is 4.79 Å². The van der Waals surface area contributed by atoms with Gasteiger partial charge in [0, 0.05) is 6.42 Å². The summed E-state index contributed by atoms with van der Waals surface area (Å²) in [6, 6.07) is -0.616. The van der Waals surface area contributed by atoms with Crippen molar-refractivity contribution in [3.8, 4) is 0 Å². The summed E-state index contributed by atoms with van der Waals surface area (Å²) in [6.45, 7) is 4.33. The quantitative estimate of drug-likeness (QED) is 0.0429. The van der Waals surface area contributed by atoms with Gasteiger partial charge in [-0.05, 0) is 19.3 Å². The number of hydrogen-bond acceptors (Lipinski definition) is 3. The summed E-state index contributed by atoms with van der Waals surface area (Å²) < 4.78 is 0. The van der Waals surface area contributed by atoms with Crippen LogP contribution in [0.1, 0.15) is 277 Å². The average Bonchev–Trinajstić information content (AvgIpc) is 3.16. The molecule has 0 aliphatic carbocycles. The molecule has 0 spiro atoms. The number of nitrogens with one attached hydrogen (secondary N) is 1. The van der Waals surface area contributed by atoms with Crippen LogP contribution in [0.3, 0.4) is 0 Å². The van der Waals surface area contributed by atoms with Crippen molar-refractivity contribution in [2.75, 3.05) is 6.61 Å². The van der Waals surface area contributed by atoms with Gasteiger partial charge in [0.1, 0.15) is 0 Å². The Kier molecular flexibility index (Phi) is 44.8. The van der Waals surface area contributed by atoms with Crippen molar-refractivity contribution in [3.63, 3.8) is 0 Å². The number of hydrogen-bond donors (Lipinski definition) is 3. The van der Waals surface area contributed by atoms with Gasteiger partial charge in [0.25, 0.3) is 0 Å². The van der Waals surface area contributed by atoms with E-state index in [1.165, 1.54) is 231 Å². The molecule has 3 N–H and O–H groups in total. The van der Waals surface area contributed by atoms with Gasteiger partial charge in [-0.3, -0.25) is 4.79 Å². The second-order valence-corrected chi connectivity index (χ2v) is 16.9. The van der Waals surface area contributed by atoms with E-state index in [1.807, 2.05) is 6.08 Å². The molecular weight excluding hydrogens is 651 g/mol. The minimum atomic E-state index is -0.833. The summed E-state index contributed by atoms with van der Waals surface area (Å²) in [4.78, 5) is 12.3. The van der Waals surface area contributed by atoms with Gasteiger partial charge >= 0.3 is 0 Å². The van der Waals surface area contributed by atoms with E-state index in [-0.39, 0.29) is 12.5 Å². The number of rotatable bonds is 45. The van der Waals surface area contributed by atoms with E-state index in [0.717, 1.165) is 25.7 Å². The highest BCUT2D eigenvalue weighted by molar-refractivity contribution is 5.76. The van der Waals surface area contributed by atoms with Gasteiger partial charge in [0.05, 0.1) is 18.8 Å². The monoisotopic (exact) mass is 748 g/mol. The van der Waals surface area contributed by atoms with Crippen molar-refractivity contribution in [1.82, 2.24) is 5.32 Å². The van der Waals surface area contributed by atoms with Crippen molar-refractivity contribution >= 4 is 5.91 Å². The first-order valence-corrected chi connectivity index (χ1v) is 24.4. The Bertz CT molecular complexity index is 725. The van der Waals surface area contributed by atoms with E-state index in [1.54, 1.807) is 6.08 Å². The highest BCUT2D eigenvalue weighted by atomic mass is 16.3. The van der Waals surface area contributed by atoms with Gasteiger partial charge in [0.15, 0.2) is 0 Å². The van der Waals surface area contributed by atoms with Crippen LogP contribution in [-0.4, -0.2) is 34.9 Å². The fourth-order valence-electron chi connectivity index (χ4n) is 7.77. The minimum Gasteiger partial charge on any atom is -0.394 e. The third kappa shape index (κ3) is 42.1. The van der Waals surface area contributed by atoms with Crippen LogP contribution in [0.25, 0.3) is 0 Å². The standard InChI is InChI=1S/C49H97NO3/c1-3-5-7-9-11-13-15-17-18-19-20-21-22-23-24-25-26-27-28-29-30-31-32-33-34-36-38-40-42-44-48(52)47(46-51)50-49(53)45-43-41-39-37-35-16-14-12-10-8-6-4-2/h42,44,47-48,51-52H,3-41,43,45-46H2,1-2H3,(H,50,53)/b44-42+. The number of aliphatic hydroxyl groups is 2. The zero-order valence-corrected chi connectivity index (χ0v) is 36.3. The molecule has 0 saturated carbocycles. The lowest BCUT2D eigenvalue weighted by atomic mass is 10.0. The molecule has 0 aromatic rings. The molecule has 0 aliphatic rings. The molecule has 0 fully saturated rings. The third-order valence-electron chi connectivity index (χ3n) is 11.5. The highest BCUT2D eigenvalue weighted by Crippen LogP contribution is 2.17. The fourth-order valence-corrected chi connectivity index (χ4v) is 7.77. The molecular formula is C49H97NO3. The maximum absolute atomic E-state index is 12.3. The molecule has 2 atom stereocenters. The van der Waals surface area contributed by atoms with Gasteiger partial charge in [-0.2, -0.15) is 0 Å². The Hall–Kier alpha value is -0.870. The van der Waals surface area contributed by atoms with Crippen molar-refractivity contribution in [3.05, 3.63) is 12.2 Å². The molecule has 53 heavy (non-hydrogen) atoms. The first-order chi connectivity index (χ1) is 26.2. The summed E-state index contributed by atoms with van der Waals surface area (Å²) in [5, 5.41) is 23.0. The van der Waals surface area contributed by atoms with Crippen LogP contribution < -0.4 is 5.32 Å². The predicted molar refractivity (Wildman–Crippen MR) is 235 cm³/mol. The highest BCUT2D eigenvalue weighted by Gasteiger charge is 2.18. The van der Waals surface area contributed by atoms with Gasteiger partial charge in [-0.1, -0.05) is 264 Å². The first-order valence-electron chi connectivity index (χ1n) is 24.4. The molecule has 0 rings (SSSR count). The van der Waals surface area contributed by atoms with Crippen molar-refractivity contribution < 1.29 is 15.0 Å². The minimum absolute atomic E-state index is 0.0610. The number of amides is 1. The third-order valence-corrected chi connectivity index (χ3v) is 11.5. The molecule has 0 aromatic carbocycles. The molecule has 316 valence electrons. The zero-order chi connectivity index (χ0) is 38.6. The molecule has 0 radical (unpaired) electrons. The van der Waals surface area contributed by atoms with Crippen LogP contribution >= 0.6 is 0 Å². The molecule has 0 heterocycles. The summed E-state index contributed by atoms with van der Waals surface area (Å²) in [6.07, 6.45) is 57.8. The van der Waals surface area contributed by atoms with Gasteiger partial charge < -0.3 is 15.5 Å². The number of allylic oxidation sites excluding steroid dienone is 1. The summed E-state index contributed by atoms with van der Waals surface area (Å²) >= 11 is 0. The maximum atomic E-state index is 12.3. The molecule has 0 bridgehead atoms. The van der Waals surface area contributed by atoms with Gasteiger partial charge in [-0.25, -0.2) is 0 Å². The van der Waals surface area contributed by atoms with Crippen molar-refractivity contribution in [1.29, 1.82) is 0 Å². The lowest BCUT2D eigenvalue weighted by Crippen LogP contribution is -2.45. The molecule has 4 nitrogen and oxygen atoms in total. The first kappa shape index (κ1) is 52.1. The van der Waals surface area contributed by atoms with Crippen LogP contribution in [0.5, 0.6) is 0 Å². The summed E-state index contributed by atoms with van der Waals surface area (Å²) in [7, 11) is 0. The van der Waals surface area contributed by atoms with E-state index in [0.29, 0.717) is 6.42 Å². The summed E-state index contributed by atoms with van der Waals surface area (Å²) in [5.74, 6) is -0.0610. The van der Waals surface area contributed by atoms with E-state index in [9.17, 15) is 15.0 Å². The molecule has 1 amide bonds. The van der Waals surface area contributed by atoms with Crippen LogP contribution in [0.15, 0.2) is 12.2 Å².